The van der Waals surface area contributed by atoms with Crippen LogP contribution in [-0.2, 0) is 6.54 Å². The fourth-order valence-corrected chi connectivity index (χ4v) is 2.77. The van der Waals surface area contributed by atoms with Gasteiger partial charge >= 0.3 is 0 Å². The van der Waals surface area contributed by atoms with Gasteiger partial charge in [0, 0.05) is 6.54 Å². The van der Waals surface area contributed by atoms with Crippen LogP contribution in [0.1, 0.15) is 19.8 Å². The number of hydrogen-bond acceptors (Lipinski definition) is 4. The molecular weight excluding hydrogens is 288 g/mol. The Kier molecular flexibility index (Phi) is 5.66. The van der Waals surface area contributed by atoms with Gasteiger partial charge < -0.3 is 10.2 Å². The number of anilines is 1. The number of nitrogens with zero attached hydrogens (tertiary/aromatic N) is 3. The third kappa shape index (κ3) is 3.99. The zero-order valence-corrected chi connectivity index (χ0v) is 13.1. The SMILES string of the molecule is C#CCn1ncc(Cl)c(NCC2CCN(CC)CC2)c1=O. The van der Waals surface area contributed by atoms with E-state index in [0.29, 0.717) is 16.6 Å². The second-order valence-corrected chi connectivity index (χ2v) is 5.70. The molecular formula is C15H21ClN4O. The van der Waals surface area contributed by atoms with Gasteiger partial charge in [-0.05, 0) is 38.4 Å². The zero-order chi connectivity index (χ0) is 15.2. The minimum Gasteiger partial charge on any atom is -0.379 e. The highest BCUT2D eigenvalue weighted by Gasteiger charge is 2.19. The number of hydrogen-bond donors (Lipinski definition) is 1. The molecule has 0 aromatic carbocycles. The van der Waals surface area contributed by atoms with Crippen LogP contribution < -0.4 is 10.9 Å². The molecule has 0 atom stereocenters. The molecule has 0 aliphatic carbocycles. The molecule has 0 saturated carbocycles. The number of nitrogens with one attached hydrogen (secondary N) is 1. The van der Waals surface area contributed by atoms with Crippen LogP contribution >= 0.6 is 11.6 Å². The van der Waals surface area contributed by atoms with Crippen molar-refractivity contribution in [2.24, 2.45) is 5.92 Å². The van der Waals surface area contributed by atoms with Gasteiger partial charge in [-0.1, -0.05) is 24.4 Å². The van der Waals surface area contributed by atoms with Gasteiger partial charge in [0.1, 0.15) is 12.2 Å². The van der Waals surface area contributed by atoms with E-state index in [1.54, 1.807) is 0 Å². The summed E-state index contributed by atoms with van der Waals surface area (Å²) in [6.07, 6.45) is 8.97. The Bertz CT molecular complexity index is 570. The lowest BCUT2D eigenvalue weighted by molar-refractivity contribution is 0.198. The number of rotatable bonds is 5. The second kappa shape index (κ2) is 7.48. The molecule has 2 heterocycles. The van der Waals surface area contributed by atoms with Crippen molar-refractivity contribution in [3.05, 3.63) is 21.6 Å². The van der Waals surface area contributed by atoms with Crippen LogP contribution in [0, 0.1) is 18.3 Å². The molecule has 1 fully saturated rings. The summed E-state index contributed by atoms with van der Waals surface area (Å²) in [5.74, 6) is 2.98. The first kappa shape index (κ1) is 15.9. The average Bonchev–Trinajstić information content (AvgIpc) is 2.51. The van der Waals surface area contributed by atoms with Crippen molar-refractivity contribution < 1.29 is 0 Å². The van der Waals surface area contributed by atoms with Crippen molar-refractivity contribution in [3.63, 3.8) is 0 Å². The van der Waals surface area contributed by atoms with E-state index in [2.05, 4.69) is 28.2 Å². The lowest BCUT2D eigenvalue weighted by Crippen LogP contribution is -2.36. The van der Waals surface area contributed by atoms with Crippen LogP contribution in [0.15, 0.2) is 11.0 Å². The van der Waals surface area contributed by atoms with E-state index in [9.17, 15) is 4.79 Å². The zero-order valence-electron chi connectivity index (χ0n) is 12.3. The monoisotopic (exact) mass is 308 g/mol. The van der Waals surface area contributed by atoms with Crippen LogP contribution in [0.2, 0.25) is 5.02 Å². The Morgan fingerprint density at radius 2 is 2.24 bits per heavy atom. The van der Waals surface area contributed by atoms with Gasteiger partial charge in [0.05, 0.1) is 11.2 Å². The largest absolute Gasteiger partial charge is 0.379 e. The summed E-state index contributed by atoms with van der Waals surface area (Å²) in [5.41, 5.74) is 0.145. The van der Waals surface area contributed by atoms with Crippen molar-refractivity contribution in [3.8, 4) is 12.3 Å². The van der Waals surface area contributed by atoms with E-state index < -0.39 is 0 Å². The molecule has 5 nitrogen and oxygen atoms in total. The molecule has 0 bridgehead atoms. The highest BCUT2D eigenvalue weighted by molar-refractivity contribution is 6.32. The van der Waals surface area contributed by atoms with Crippen molar-refractivity contribution in [2.75, 3.05) is 31.5 Å². The molecule has 1 aliphatic heterocycles. The van der Waals surface area contributed by atoms with Crippen LogP contribution in [-0.4, -0.2) is 40.9 Å². The summed E-state index contributed by atoms with van der Waals surface area (Å²) in [4.78, 5) is 14.6. The Hall–Kier alpha value is -1.51. The van der Waals surface area contributed by atoms with Crippen LogP contribution in [0.25, 0.3) is 0 Å². The number of halogens is 1. The smallest absolute Gasteiger partial charge is 0.292 e. The number of piperidine rings is 1. The third-order valence-corrected chi connectivity index (χ3v) is 4.25. The van der Waals surface area contributed by atoms with E-state index in [0.717, 1.165) is 39.0 Å². The van der Waals surface area contributed by atoms with E-state index in [1.807, 2.05) is 0 Å². The molecule has 1 saturated heterocycles. The van der Waals surface area contributed by atoms with Crippen LogP contribution in [0.4, 0.5) is 5.69 Å². The fraction of sp³-hybridized carbons (Fsp3) is 0.600. The summed E-state index contributed by atoms with van der Waals surface area (Å²) in [7, 11) is 0. The Morgan fingerprint density at radius 1 is 1.52 bits per heavy atom. The summed E-state index contributed by atoms with van der Waals surface area (Å²) in [6.45, 7) is 6.44. The number of likely N-dealkylation sites (tertiary alicyclic amines) is 1. The fourth-order valence-electron chi connectivity index (χ4n) is 2.58. The molecule has 114 valence electrons. The van der Waals surface area contributed by atoms with E-state index in [1.165, 1.54) is 10.9 Å². The summed E-state index contributed by atoms with van der Waals surface area (Å²) in [6, 6.07) is 0. The maximum atomic E-state index is 12.2. The molecule has 1 aromatic heterocycles. The van der Waals surface area contributed by atoms with Crippen molar-refractivity contribution in [1.82, 2.24) is 14.7 Å². The highest BCUT2D eigenvalue weighted by atomic mass is 35.5. The van der Waals surface area contributed by atoms with E-state index >= 15 is 0 Å². The normalized spacial score (nSPS) is 16.6. The van der Waals surface area contributed by atoms with Gasteiger partial charge in [0.2, 0.25) is 0 Å². The van der Waals surface area contributed by atoms with Crippen molar-refractivity contribution in [2.45, 2.75) is 26.3 Å². The molecule has 1 N–H and O–H groups in total. The van der Waals surface area contributed by atoms with Gasteiger partial charge in [-0.25, -0.2) is 4.68 Å². The Balaban J connectivity index is 1.99. The first-order chi connectivity index (χ1) is 10.2. The topological polar surface area (TPSA) is 50.2 Å². The van der Waals surface area contributed by atoms with Gasteiger partial charge in [-0.2, -0.15) is 5.10 Å². The third-order valence-electron chi connectivity index (χ3n) is 3.96. The molecule has 21 heavy (non-hydrogen) atoms. The first-order valence-electron chi connectivity index (χ1n) is 7.31. The van der Waals surface area contributed by atoms with Gasteiger partial charge in [-0.3, -0.25) is 4.79 Å². The first-order valence-corrected chi connectivity index (χ1v) is 7.68. The van der Waals surface area contributed by atoms with Crippen molar-refractivity contribution in [1.29, 1.82) is 0 Å². The molecule has 0 amide bonds. The van der Waals surface area contributed by atoms with Crippen LogP contribution in [0.5, 0.6) is 0 Å². The average molecular weight is 309 g/mol. The van der Waals surface area contributed by atoms with Gasteiger partial charge in [0.25, 0.3) is 5.56 Å². The number of aromatic nitrogens is 2. The maximum Gasteiger partial charge on any atom is 0.292 e. The molecule has 6 heteroatoms. The Morgan fingerprint density at radius 3 is 2.86 bits per heavy atom. The maximum absolute atomic E-state index is 12.2. The predicted octanol–water partition coefficient (Wildman–Crippen LogP) is 1.67. The molecule has 1 aromatic rings. The molecule has 1 aliphatic rings. The van der Waals surface area contributed by atoms with Crippen molar-refractivity contribution >= 4 is 17.3 Å². The minimum absolute atomic E-state index is 0.152. The lowest BCUT2D eigenvalue weighted by atomic mass is 9.97. The molecule has 2 rings (SSSR count). The van der Waals surface area contributed by atoms with Gasteiger partial charge in [-0.15, -0.1) is 6.42 Å². The van der Waals surface area contributed by atoms with E-state index in [-0.39, 0.29) is 12.1 Å². The predicted molar refractivity (Wildman–Crippen MR) is 85.7 cm³/mol. The highest BCUT2D eigenvalue weighted by Crippen LogP contribution is 2.20. The quantitative estimate of drug-likeness (QED) is 0.841. The standard InChI is InChI=1S/C15H21ClN4O/c1-3-7-20-15(21)14(13(16)11-18-20)17-10-12-5-8-19(4-2)9-6-12/h1,11-12,17H,4-10H2,2H3. The van der Waals surface area contributed by atoms with Crippen LogP contribution in [0.3, 0.4) is 0 Å². The summed E-state index contributed by atoms with van der Waals surface area (Å²) in [5, 5.41) is 7.46. The Labute approximate surface area is 130 Å². The molecule has 0 spiro atoms. The van der Waals surface area contributed by atoms with E-state index in [4.69, 9.17) is 18.0 Å². The second-order valence-electron chi connectivity index (χ2n) is 5.29. The molecule has 0 unspecified atom stereocenters. The number of terminal acetylenes is 1. The molecule has 0 radical (unpaired) electrons. The minimum atomic E-state index is -0.258. The van der Waals surface area contributed by atoms with Gasteiger partial charge in [0.15, 0.2) is 0 Å². The lowest BCUT2D eigenvalue weighted by Gasteiger charge is -2.31. The summed E-state index contributed by atoms with van der Waals surface area (Å²) >= 11 is 6.07. The summed E-state index contributed by atoms with van der Waals surface area (Å²) < 4.78 is 1.24.